The minimum Gasteiger partial charge on any atom is -0.294 e. The molecule has 0 amide bonds. The van der Waals surface area contributed by atoms with E-state index in [4.69, 9.17) is 0 Å². The van der Waals surface area contributed by atoms with Gasteiger partial charge in [-0.1, -0.05) is 66.7 Å². The number of nitrogens with zero attached hydrogens (tertiary/aromatic N) is 1. The SMILES string of the molecule is O=C1C=C/C(=N\S(=O)(=O)c2ccccc2)C2C3c4ccccc4C(c4ccccc43)C12. The summed E-state index contributed by atoms with van der Waals surface area (Å²) in [6, 6.07) is 24.7. The van der Waals surface area contributed by atoms with E-state index in [1.807, 2.05) is 24.3 Å². The van der Waals surface area contributed by atoms with Gasteiger partial charge in [0, 0.05) is 23.7 Å². The molecular weight excluding hydrogens is 406 g/mol. The molecule has 4 aliphatic carbocycles. The molecule has 0 saturated heterocycles. The highest BCUT2D eigenvalue weighted by Crippen LogP contribution is 2.59. The first-order valence-electron chi connectivity index (χ1n) is 10.4. The molecule has 0 N–H and O–H groups in total. The van der Waals surface area contributed by atoms with Crippen LogP contribution in [0.25, 0.3) is 0 Å². The Bertz CT molecular complexity index is 1340. The Balaban J connectivity index is 1.59. The van der Waals surface area contributed by atoms with E-state index >= 15 is 0 Å². The maximum absolute atomic E-state index is 13.1. The van der Waals surface area contributed by atoms with E-state index in [2.05, 4.69) is 28.7 Å². The standard InChI is InChI=1S/C26H19NO3S/c28-22-15-14-21(27-31(29,30)16-8-2-1-3-9-16)25-23-17-10-4-6-12-19(17)24(26(22)25)20-13-7-5-11-18(20)23/h1-15,23-26H/b27-21+. The third kappa shape index (κ3) is 2.63. The number of carbonyl (C=O) groups excluding carboxylic acids is 1. The summed E-state index contributed by atoms with van der Waals surface area (Å²) in [7, 11) is -3.87. The van der Waals surface area contributed by atoms with E-state index in [9.17, 15) is 13.2 Å². The molecule has 0 radical (unpaired) electrons. The predicted octanol–water partition coefficient (Wildman–Crippen LogP) is 4.48. The van der Waals surface area contributed by atoms with Gasteiger partial charge in [0.15, 0.2) is 5.78 Å². The number of hydrogen-bond donors (Lipinski definition) is 0. The summed E-state index contributed by atoms with van der Waals surface area (Å²) < 4.78 is 30.4. The van der Waals surface area contributed by atoms with Gasteiger partial charge in [-0.2, -0.15) is 12.8 Å². The van der Waals surface area contributed by atoms with Crippen LogP contribution in [0.15, 0.2) is 100 Å². The molecule has 0 aromatic heterocycles. The zero-order valence-electron chi connectivity index (χ0n) is 16.5. The maximum Gasteiger partial charge on any atom is 0.282 e. The summed E-state index contributed by atoms with van der Waals surface area (Å²) in [5.74, 6) is -0.791. The lowest BCUT2D eigenvalue weighted by molar-refractivity contribution is -0.120. The molecule has 4 aliphatic rings. The monoisotopic (exact) mass is 425 g/mol. The van der Waals surface area contributed by atoms with Crippen LogP contribution in [0.5, 0.6) is 0 Å². The van der Waals surface area contributed by atoms with Crippen molar-refractivity contribution in [2.75, 3.05) is 0 Å². The van der Waals surface area contributed by atoms with Crippen molar-refractivity contribution < 1.29 is 13.2 Å². The van der Waals surface area contributed by atoms with Crippen molar-refractivity contribution in [3.8, 4) is 0 Å². The molecule has 3 aromatic rings. The topological polar surface area (TPSA) is 63.6 Å². The lowest BCUT2D eigenvalue weighted by Gasteiger charge is -2.50. The first kappa shape index (κ1) is 18.5. The van der Waals surface area contributed by atoms with Crippen LogP contribution in [0.4, 0.5) is 0 Å². The molecule has 0 heterocycles. The fourth-order valence-electron chi connectivity index (χ4n) is 5.64. The molecule has 0 spiro atoms. The Hall–Kier alpha value is -3.31. The van der Waals surface area contributed by atoms with Crippen molar-refractivity contribution in [3.63, 3.8) is 0 Å². The summed E-state index contributed by atoms with van der Waals surface area (Å²) in [4.78, 5) is 13.3. The average molecular weight is 426 g/mol. The first-order chi connectivity index (χ1) is 15.1. The highest BCUT2D eigenvalue weighted by atomic mass is 32.2. The number of sulfonamides is 1. The third-order valence-electron chi connectivity index (χ3n) is 6.79. The van der Waals surface area contributed by atoms with E-state index in [1.165, 1.54) is 28.3 Å². The second kappa shape index (κ2) is 6.59. The minimum atomic E-state index is -3.87. The van der Waals surface area contributed by atoms with Gasteiger partial charge in [-0.25, -0.2) is 0 Å². The normalized spacial score (nSPS) is 27.0. The Morgan fingerprint density at radius 1 is 0.613 bits per heavy atom. The highest BCUT2D eigenvalue weighted by Gasteiger charge is 2.54. The van der Waals surface area contributed by atoms with E-state index in [1.54, 1.807) is 36.4 Å². The molecule has 0 saturated carbocycles. The maximum atomic E-state index is 13.1. The summed E-state index contributed by atoms with van der Waals surface area (Å²) >= 11 is 0. The molecule has 7 rings (SSSR count). The fraction of sp³-hybridized carbons (Fsp3) is 0.154. The van der Waals surface area contributed by atoms with Crippen LogP contribution < -0.4 is 0 Å². The molecular formula is C26H19NO3S. The number of rotatable bonds is 2. The molecule has 2 unspecified atom stereocenters. The Labute approximate surface area is 181 Å². The number of ketones is 1. The molecule has 31 heavy (non-hydrogen) atoms. The zero-order chi connectivity index (χ0) is 21.2. The van der Waals surface area contributed by atoms with Crippen molar-refractivity contribution >= 4 is 21.5 Å². The van der Waals surface area contributed by atoms with Gasteiger partial charge < -0.3 is 0 Å². The fourth-order valence-corrected chi connectivity index (χ4v) is 6.71. The highest BCUT2D eigenvalue weighted by molar-refractivity contribution is 7.90. The van der Waals surface area contributed by atoms with Gasteiger partial charge >= 0.3 is 0 Å². The van der Waals surface area contributed by atoms with Gasteiger partial charge in [-0.15, -0.1) is 0 Å². The summed E-state index contributed by atoms with van der Waals surface area (Å²) in [5, 5.41) is 0. The van der Waals surface area contributed by atoms with Crippen molar-refractivity contribution in [3.05, 3.63) is 113 Å². The lowest BCUT2D eigenvalue weighted by atomic mass is 9.51. The molecule has 0 aliphatic heterocycles. The van der Waals surface area contributed by atoms with Gasteiger partial charge in [0.05, 0.1) is 10.6 Å². The van der Waals surface area contributed by atoms with Gasteiger partial charge in [0.25, 0.3) is 10.0 Å². The van der Waals surface area contributed by atoms with Crippen LogP contribution in [-0.2, 0) is 14.8 Å². The molecule has 2 bridgehead atoms. The summed E-state index contributed by atoms with van der Waals surface area (Å²) in [5.41, 5.74) is 5.14. The molecule has 152 valence electrons. The van der Waals surface area contributed by atoms with E-state index in [0.717, 1.165) is 0 Å². The lowest BCUT2D eigenvalue weighted by Crippen LogP contribution is -2.48. The molecule has 2 atom stereocenters. The van der Waals surface area contributed by atoms with Crippen LogP contribution in [0.3, 0.4) is 0 Å². The number of allylic oxidation sites excluding steroid dienone is 2. The molecule has 5 heteroatoms. The van der Waals surface area contributed by atoms with Crippen LogP contribution in [0.1, 0.15) is 34.1 Å². The predicted molar refractivity (Wildman–Crippen MR) is 119 cm³/mol. The largest absolute Gasteiger partial charge is 0.294 e. The van der Waals surface area contributed by atoms with Gasteiger partial charge in [-0.3, -0.25) is 4.79 Å². The van der Waals surface area contributed by atoms with Gasteiger partial charge in [0.2, 0.25) is 0 Å². The van der Waals surface area contributed by atoms with Crippen molar-refractivity contribution in [2.45, 2.75) is 16.7 Å². The smallest absolute Gasteiger partial charge is 0.282 e. The van der Waals surface area contributed by atoms with Crippen LogP contribution in [0, 0.1) is 11.8 Å². The first-order valence-corrected chi connectivity index (χ1v) is 11.8. The summed E-state index contributed by atoms with van der Waals surface area (Å²) in [6.07, 6.45) is 3.11. The van der Waals surface area contributed by atoms with Crippen LogP contribution in [-0.4, -0.2) is 19.9 Å². The third-order valence-corrected chi connectivity index (χ3v) is 8.11. The van der Waals surface area contributed by atoms with Crippen LogP contribution >= 0.6 is 0 Å². The zero-order valence-corrected chi connectivity index (χ0v) is 17.4. The number of hydrogen-bond acceptors (Lipinski definition) is 3. The second-order valence-electron chi connectivity index (χ2n) is 8.30. The quantitative estimate of drug-likeness (QED) is 0.608. The average Bonchev–Trinajstić information content (AvgIpc) is 2.81. The molecule has 4 nitrogen and oxygen atoms in total. The molecule has 3 aromatic carbocycles. The number of carbonyl (C=O) groups is 1. The van der Waals surface area contributed by atoms with Gasteiger partial charge in [0.1, 0.15) is 0 Å². The number of benzene rings is 3. The minimum absolute atomic E-state index is 0.0417. The van der Waals surface area contributed by atoms with Gasteiger partial charge in [-0.05, 0) is 46.5 Å². The van der Waals surface area contributed by atoms with E-state index in [0.29, 0.717) is 5.71 Å². The second-order valence-corrected chi connectivity index (χ2v) is 9.91. The Morgan fingerprint density at radius 3 is 1.65 bits per heavy atom. The van der Waals surface area contributed by atoms with E-state index < -0.39 is 10.0 Å². The van der Waals surface area contributed by atoms with Crippen molar-refractivity contribution in [1.82, 2.24) is 0 Å². The van der Waals surface area contributed by atoms with Crippen LogP contribution in [0.2, 0.25) is 0 Å². The van der Waals surface area contributed by atoms with Crippen molar-refractivity contribution in [1.29, 1.82) is 0 Å². The summed E-state index contributed by atoms with van der Waals surface area (Å²) in [6.45, 7) is 0. The Kier molecular flexibility index (Phi) is 3.93. The van der Waals surface area contributed by atoms with E-state index in [-0.39, 0.29) is 34.4 Å². The Morgan fingerprint density at radius 2 is 1.10 bits per heavy atom. The molecule has 0 fully saturated rings. The van der Waals surface area contributed by atoms with Crippen molar-refractivity contribution in [2.24, 2.45) is 16.2 Å².